The van der Waals surface area contributed by atoms with Gasteiger partial charge in [-0.3, -0.25) is 4.79 Å². The van der Waals surface area contributed by atoms with E-state index < -0.39 is 12.6 Å². The van der Waals surface area contributed by atoms with Gasteiger partial charge in [0, 0.05) is 18.1 Å². The molecule has 2 atom stereocenters. The van der Waals surface area contributed by atoms with Crippen molar-refractivity contribution >= 4 is 29.6 Å². The highest BCUT2D eigenvalue weighted by atomic mass is 35.5. The molecule has 0 saturated carbocycles. The number of esters is 1. The quantitative estimate of drug-likeness (QED) is 0.467. The highest BCUT2D eigenvalue weighted by Crippen LogP contribution is 2.14. The number of nitrogens with zero attached hydrogens (tertiary/aromatic N) is 2. The number of carbonyl (C=O) groups excluding carboxylic acids is 2. The summed E-state index contributed by atoms with van der Waals surface area (Å²) >= 11 is 5.80. The number of halogens is 1. The fourth-order valence-corrected chi connectivity index (χ4v) is 2.67. The average Bonchev–Trinajstić information content (AvgIpc) is 2.58. The molecule has 1 aromatic rings. The van der Waals surface area contributed by atoms with E-state index in [1.807, 2.05) is 13.8 Å². The Kier molecular flexibility index (Phi) is 6.57. The Morgan fingerprint density at radius 1 is 1.32 bits per heavy atom. The zero-order valence-electron chi connectivity index (χ0n) is 14.1. The Bertz CT molecular complexity index is 699. The van der Waals surface area contributed by atoms with Gasteiger partial charge in [-0.2, -0.15) is 5.26 Å². The van der Waals surface area contributed by atoms with Gasteiger partial charge in [-0.05, 0) is 37.6 Å². The van der Waals surface area contributed by atoms with Gasteiger partial charge in [0.2, 0.25) is 0 Å². The number of benzene rings is 1. The minimum absolute atomic E-state index is 0.0668. The standard InChI is InChI=1S/C18H19ClN2O4/c1-12-9-21(10-13(2)25-12)17(22)11-24-18(23)15(8-20)7-14-3-5-16(19)6-4-14/h3-7,12-13H,9-11H2,1-2H3/b15-7+/t12-,13-/m1/s1. The molecular weight excluding hydrogens is 344 g/mol. The first-order chi connectivity index (χ1) is 11.9. The SMILES string of the molecule is C[C@@H]1CN(C(=O)COC(=O)/C(C#N)=C/c2ccc(Cl)cc2)C[C@@H](C)O1. The molecule has 7 heteroatoms. The summed E-state index contributed by atoms with van der Waals surface area (Å²) in [5, 5.41) is 9.69. The Morgan fingerprint density at radius 3 is 2.48 bits per heavy atom. The van der Waals surface area contributed by atoms with Gasteiger partial charge in [0.25, 0.3) is 5.91 Å². The van der Waals surface area contributed by atoms with E-state index in [4.69, 9.17) is 26.3 Å². The van der Waals surface area contributed by atoms with Crippen LogP contribution in [0.1, 0.15) is 19.4 Å². The third kappa shape index (κ3) is 5.59. The van der Waals surface area contributed by atoms with E-state index in [1.165, 1.54) is 6.08 Å². The summed E-state index contributed by atoms with van der Waals surface area (Å²) in [4.78, 5) is 25.8. The molecule has 0 aliphatic carbocycles. The molecule has 1 fully saturated rings. The zero-order chi connectivity index (χ0) is 18.4. The number of rotatable bonds is 4. The van der Waals surface area contributed by atoms with Gasteiger partial charge in [0.05, 0.1) is 12.2 Å². The summed E-state index contributed by atoms with van der Waals surface area (Å²) in [7, 11) is 0. The second kappa shape index (κ2) is 8.65. The molecule has 1 amide bonds. The molecular formula is C18H19ClN2O4. The Morgan fingerprint density at radius 2 is 1.92 bits per heavy atom. The van der Waals surface area contributed by atoms with E-state index in [9.17, 15) is 9.59 Å². The van der Waals surface area contributed by atoms with Gasteiger partial charge in [-0.1, -0.05) is 23.7 Å². The van der Waals surface area contributed by atoms with Crippen molar-refractivity contribution in [1.82, 2.24) is 4.90 Å². The van der Waals surface area contributed by atoms with Crippen molar-refractivity contribution in [2.24, 2.45) is 0 Å². The Labute approximate surface area is 151 Å². The first-order valence-electron chi connectivity index (χ1n) is 7.86. The normalized spacial score (nSPS) is 20.7. The van der Waals surface area contributed by atoms with Crippen LogP contribution in [0.3, 0.4) is 0 Å². The second-order valence-corrected chi connectivity index (χ2v) is 6.29. The third-order valence-electron chi connectivity index (χ3n) is 3.62. The van der Waals surface area contributed by atoms with Crippen LogP contribution < -0.4 is 0 Å². The molecule has 1 aliphatic heterocycles. The lowest BCUT2D eigenvalue weighted by Crippen LogP contribution is -2.49. The van der Waals surface area contributed by atoms with E-state index in [0.717, 1.165) is 0 Å². The van der Waals surface area contributed by atoms with Crippen LogP contribution in [0, 0.1) is 11.3 Å². The molecule has 1 aliphatic rings. The van der Waals surface area contributed by atoms with Crippen LogP contribution in [0.5, 0.6) is 0 Å². The smallest absolute Gasteiger partial charge is 0.349 e. The van der Waals surface area contributed by atoms with Gasteiger partial charge in [0.1, 0.15) is 11.6 Å². The van der Waals surface area contributed by atoms with Crippen LogP contribution in [0.25, 0.3) is 6.08 Å². The zero-order valence-corrected chi connectivity index (χ0v) is 14.8. The van der Waals surface area contributed by atoms with Crippen molar-refractivity contribution in [2.75, 3.05) is 19.7 Å². The molecule has 1 heterocycles. The molecule has 6 nitrogen and oxygen atoms in total. The van der Waals surface area contributed by atoms with Gasteiger partial charge >= 0.3 is 5.97 Å². The van der Waals surface area contributed by atoms with Crippen molar-refractivity contribution in [3.05, 3.63) is 40.4 Å². The molecule has 2 rings (SSSR count). The molecule has 25 heavy (non-hydrogen) atoms. The minimum Gasteiger partial charge on any atom is -0.451 e. The highest BCUT2D eigenvalue weighted by Gasteiger charge is 2.26. The van der Waals surface area contributed by atoms with Gasteiger partial charge in [-0.15, -0.1) is 0 Å². The largest absolute Gasteiger partial charge is 0.451 e. The summed E-state index contributed by atoms with van der Waals surface area (Å²) in [5.41, 5.74) is 0.457. The Balaban J connectivity index is 1.94. The van der Waals surface area contributed by atoms with Crippen LogP contribution in [-0.2, 0) is 19.1 Å². The fourth-order valence-electron chi connectivity index (χ4n) is 2.54. The molecule has 0 radical (unpaired) electrons. The summed E-state index contributed by atoms with van der Waals surface area (Å²) < 4.78 is 10.5. The van der Waals surface area contributed by atoms with Crippen LogP contribution in [0.4, 0.5) is 0 Å². The molecule has 1 aromatic carbocycles. The lowest BCUT2D eigenvalue weighted by Gasteiger charge is -2.35. The third-order valence-corrected chi connectivity index (χ3v) is 3.87. The lowest BCUT2D eigenvalue weighted by molar-refractivity contribution is -0.154. The molecule has 0 bridgehead atoms. The topological polar surface area (TPSA) is 79.6 Å². The second-order valence-electron chi connectivity index (χ2n) is 5.85. The number of amides is 1. The maximum atomic E-state index is 12.2. The van der Waals surface area contributed by atoms with E-state index in [2.05, 4.69) is 0 Å². The molecule has 0 aromatic heterocycles. The maximum absolute atomic E-state index is 12.2. The van der Waals surface area contributed by atoms with Crippen LogP contribution in [-0.4, -0.2) is 48.7 Å². The number of nitriles is 1. The minimum atomic E-state index is -0.833. The molecule has 0 spiro atoms. The van der Waals surface area contributed by atoms with E-state index >= 15 is 0 Å². The van der Waals surface area contributed by atoms with Gasteiger partial charge in [-0.25, -0.2) is 4.79 Å². The average molecular weight is 363 g/mol. The van der Waals surface area contributed by atoms with Crippen molar-refractivity contribution in [1.29, 1.82) is 5.26 Å². The fraction of sp³-hybridized carbons (Fsp3) is 0.389. The number of carbonyl (C=O) groups is 2. The first kappa shape index (κ1) is 19.0. The highest BCUT2D eigenvalue weighted by molar-refractivity contribution is 6.30. The van der Waals surface area contributed by atoms with Crippen molar-refractivity contribution < 1.29 is 19.1 Å². The predicted molar refractivity (Wildman–Crippen MR) is 92.6 cm³/mol. The summed E-state index contributed by atoms with van der Waals surface area (Å²) in [6.45, 7) is 4.26. The van der Waals surface area contributed by atoms with E-state index in [0.29, 0.717) is 23.7 Å². The molecule has 0 unspecified atom stereocenters. The molecule has 132 valence electrons. The van der Waals surface area contributed by atoms with E-state index in [1.54, 1.807) is 35.2 Å². The number of hydrogen-bond donors (Lipinski definition) is 0. The number of hydrogen-bond acceptors (Lipinski definition) is 5. The lowest BCUT2D eigenvalue weighted by atomic mass is 10.1. The van der Waals surface area contributed by atoms with Crippen molar-refractivity contribution in [2.45, 2.75) is 26.1 Å². The van der Waals surface area contributed by atoms with Crippen LogP contribution >= 0.6 is 11.6 Å². The maximum Gasteiger partial charge on any atom is 0.349 e. The summed E-state index contributed by atoms with van der Waals surface area (Å²) in [5.74, 6) is -1.14. The van der Waals surface area contributed by atoms with E-state index in [-0.39, 0.29) is 23.7 Å². The molecule has 1 saturated heterocycles. The van der Waals surface area contributed by atoms with Crippen molar-refractivity contribution in [3.8, 4) is 6.07 Å². The molecule has 0 N–H and O–H groups in total. The van der Waals surface area contributed by atoms with Gasteiger partial charge in [0.15, 0.2) is 6.61 Å². The van der Waals surface area contributed by atoms with Crippen molar-refractivity contribution in [3.63, 3.8) is 0 Å². The van der Waals surface area contributed by atoms with Crippen LogP contribution in [0.2, 0.25) is 5.02 Å². The summed E-state index contributed by atoms with van der Waals surface area (Å²) in [6, 6.07) is 8.44. The summed E-state index contributed by atoms with van der Waals surface area (Å²) in [6.07, 6.45) is 1.26. The van der Waals surface area contributed by atoms with Gasteiger partial charge < -0.3 is 14.4 Å². The number of ether oxygens (including phenoxy) is 2. The predicted octanol–water partition coefficient (Wildman–Crippen LogP) is 2.43. The van der Waals surface area contributed by atoms with Crippen LogP contribution in [0.15, 0.2) is 29.8 Å². The number of morpholine rings is 1. The first-order valence-corrected chi connectivity index (χ1v) is 8.24. The Hall–Kier alpha value is -2.36. The monoisotopic (exact) mass is 362 g/mol.